The van der Waals surface area contributed by atoms with E-state index in [4.69, 9.17) is 5.11 Å². The molecule has 1 aliphatic rings. The number of hydrogen-bond donors (Lipinski definition) is 2. The first-order chi connectivity index (χ1) is 11.2. The lowest BCUT2D eigenvalue weighted by molar-refractivity contribution is -0.133. The average molecular weight is 330 g/mol. The molecule has 1 aromatic heterocycles. The van der Waals surface area contributed by atoms with Crippen molar-refractivity contribution in [3.8, 4) is 0 Å². The zero-order valence-electron chi connectivity index (χ0n) is 12.7. The Kier molecular flexibility index (Phi) is 4.81. The van der Waals surface area contributed by atoms with Crippen molar-refractivity contribution in [2.75, 3.05) is 18.1 Å². The monoisotopic (exact) mass is 330 g/mol. The number of amides is 1. The molecule has 0 radical (unpaired) electrons. The van der Waals surface area contributed by atoms with E-state index in [1.807, 2.05) is 24.3 Å². The van der Waals surface area contributed by atoms with Gasteiger partial charge in [0.1, 0.15) is 0 Å². The molecule has 1 heterocycles. The molecular formula is C17H18N2O3S. The van der Waals surface area contributed by atoms with E-state index in [0.29, 0.717) is 12.3 Å². The predicted molar refractivity (Wildman–Crippen MR) is 91.1 cm³/mol. The maximum atomic E-state index is 12.7. The van der Waals surface area contributed by atoms with Gasteiger partial charge in [0, 0.05) is 23.4 Å². The van der Waals surface area contributed by atoms with Gasteiger partial charge in [-0.2, -0.15) is 0 Å². The first-order valence-electron chi connectivity index (χ1n) is 7.65. The Hall–Kier alpha value is -2.08. The number of carboxylic acids is 1. The van der Waals surface area contributed by atoms with Gasteiger partial charge in [-0.05, 0) is 30.9 Å². The molecule has 5 nitrogen and oxygen atoms in total. The standard InChI is InChI=1S/C17H18N2O3S/c20-15(21)10-23-9-8-18-17(22)16-11-4-1-2-6-13(11)19-14-7-3-5-12(14)16/h1-2,4,6H,3,5,7-10H2,(H,18,22)(H,20,21). The van der Waals surface area contributed by atoms with E-state index in [1.54, 1.807) is 0 Å². The van der Waals surface area contributed by atoms with Crippen molar-refractivity contribution < 1.29 is 14.7 Å². The third-order valence-corrected chi connectivity index (χ3v) is 4.85. The molecule has 2 aromatic rings. The third-order valence-electron chi connectivity index (χ3n) is 3.90. The SMILES string of the molecule is O=C(O)CSCCNC(=O)c1c2c(nc3ccccc13)CCC2. The first kappa shape index (κ1) is 15.8. The molecule has 0 saturated heterocycles. The maximum Gasteiger partial charge on any atom is 0.313 e. The number of benzene rings is 1. The number of nitrogens with one attached hydrogen (secondary N) is 1. The molecule has 3 rings (SSSR count). The van der Waals surface area contributed by atoms with Gasteiger partial charge in [-0.1, -0.05) is 18.2 Å². The quantitative estimate of drug-likeness (QED) is 0.794. The second-order valence-corrected chi connectivity index (χ2v) is 6.59. The minimum absolute atomic E-state index is 0.0590. The molecule has 0 unspecified atom stereocenters. The van der Waals surface area contributed by atoms with Crippen molar-refractivity contribution in [3.63, 3.8) is 0 Å². The van der Waals surface area contributed by atoms with Crippen LogP contribution in [0.25, 0.3) is 10.9 Å². The van der Waals surface area contributed by atoms with E-state index < -0.39 is 5.97 Å². The Bertz CT molecular complexity index is 761. The summed E-state index contributed by atoms with van der Waals surface area (Å²) in [6.45, 7) is 0.461. The number of pyridine rings is 1. The lowest BCUT2D eigenvalue weighted by Gasteiger charge is -2.12. The molecule has 1 aliphatic carbocycles. The van der Waals surface area contributed by atoms with E-state index in [9.17, 15) is 9.59 Å². The highest BCUT2D eigenvalue weighted by Crippen LogP contribution is 2.29. The van der Waals surface area contributed by atoms with Gasteiger partial charge in [0.15, 0.2) is 0 Å². The molecule has 6 heteroatoms. The number of thioether (sulfide) groups is 1. The normalized spacial score (nSPS) is 13.0. The summed E-state index contributed by atoms with van der Waals surface area (Å²) in [5.41, 5.74) is 3.71. The Balaban J connectivity index is 1.79. The van der Waals surface area contributed by atoms with Crippen LogP contribution in [-0.4, -0.2) is 40.0 Å². The summed E-state index contributed by atoms with van der Waals surface area (Å²) in [6, 6.07) is 7.73. The smallest absolute Gasteiger partial charge is 0.313 e. The molecular weight excluding hydrogens is 312 g/mol. The summed E-state index contributed by atoms with van der Waals surface area (Å²) in [5.74, 6) is -0.274. The molecule has 0 atom stereocenters. The molecule has 23 heavy (non-hydrogen) atoms. The molecule has 0 fully saturated rings. The van der Waals surface area contributed by atoms with Crippen molar-refractivity contribution in [1.29, 1.82) is 0 Å². The van der Waals surface area contributed by atoms with Gasteiger partial charge in [-0.3, -0.25) is 14.6 Å². The van der Waals surface area contributed by atoms with E-state index in [-0.39, 0.29) is 11.7 Å². The fourth-order valence-electron chi connectivity index (χ4n) is 2.95. The van der Waals surface area contributed by atoms with Crippen LogP contribution in [0.3, 0.4) is 0 Å². The van der Waals surface area contributed by atoms with Crippen molar-refractivity contribution in [1.82, 2.24) is 10.3 Å². The van der Waals surface area contributed by atoms with Gasteiger partial charge in [0.05, 0.1) is 16.8 Å². The highest BCUT2D eigenvalue weighted by atomic mass is 32.2. The Morgan fingerprint density at radius 1 is 1.26 bits per heavy atom. The molecule has 1 aromatic carbocycles. The van der Waals surface area contributed by atoms with Gasteiger partial charge in [-0.25, -0.2) is 0 Å². The van der Waals surface area contributed by atoms with Gasteiger partial charge in [-0.15, -0.1) is 11.8 Å². The van der Waals surface area contributed by atoms with Crippen molar-refractivity contribution >= 4 is 34.5 Å². The lowest BCUT2D eigenvalue weighted by Crippen LogP contribution is -2.27. The van der Waals surface area contributed by atoms with Gasteiger partial charge >= 0.3 is 5.97 Å². The van der Waals surface area contributed by atoms with Crippen LogP contribution >= 0.6 is 11.8 Å². The van der Waals surface area contributed by atoms with Crippen LogP contribution in [0.1, 0.15) is 28.0 Å². The number of nitrogens with zero attached hydrogens (tertiary/aromatic N) is 1. The summed E-state index contributed by atoms with van der Waals surface area (Å²) in [6.07, 6.45) is 2.85. The summed E-state index contributed by atoms with van der Waals surface area (Å²) in [4.78, 5) is 27.8. The molecule has 0 spiro atoms. The number of hydrogen-bond acceptors (Lipinski definition) is 4. The predicted octanol–water partition coefficient (Wildman–Crippen LogP) is 2.27. The number of para-hydroxylation sites is 1. The number of carbonyl (C=O) groups excluding carboxylic acids is 1. The fourth-order valence-corrected chi connectivity index (χ4v) is 3.52. The minimum Gasteiger partial charge on any atom is -0.481 e. The average Bonchev–Trinajstić information content (AvgIpc) is 2.99. The number of aliphatic carboxylic acids is 1. The fraction of sp³-hybridized carbons (Fsp3) is 0.353. The maximum absolute atomic E-state index is 12.7. The number of aryl methyl sites for hydroxylation is 1. The largest absolute Gasteiger partial charge is 0.481 e. The van der Waals surface area contributed by atoms with E-state index in [0.717, 1.165) is 47.0 Å². The molecule has 0 bridgehead atoms. The van der Waals surface area contributed by atoms with E-state index >= 15 is 0 Å². The number of rotatable bonds is 6. The highest BCUT2D eigenvalue weighted by Gasteiger charge is 2.23. The van der Waals surface area contributed by atoms with Crippen LogP contribution in [0.15, 0.2) is 24.3 Å². The van der Waals surface area contributed by atoms with Crippen LogP contribution in [0.2, 0.25) is 0 Å². The van der Waals surface area contributed by atoms with E-state index in [1.165, 1.54) is 11.8 Å². The van der Waals surface area contributed by atoms with Crippen molar-refractivity contribution in [3.05, 3.63) is 41.1 Å². The second kappa shape index (κ2) is 7.00. The van der Waals surface area contributed by atoms with Crippen molar-refractivity contribution in [2.45, 2.75) is 19.3 Å². The van der Waals surface area contributed by atoms with Crippen molar-refractivity contribution in [2.24, 2.45) is 0 Å². The Morgan fingerprint density at radius 3 is 2.91 bits per heavy atom. The van der Waals surface area contributed by atoms with E-state index in [2.05, 4.69) is 10.3 Å². The lowest BCUT2D eigenvalue weighted by atomic mass is 10.0. The first-order valence-corrected chi connectivity index (χ1v) is 8.80. The van der Waals surface area contributed by atoms with Gasteiger partial charge in [0.2, 0.25) is 0 Å². The van der Waals surface area contributed by atoms with Crippen LogP contribution in [0.5, 0.6) is 0 Å². The zero-order valence-corrected chi connectivity index (χ0v) is 13.5. The topological polar surface area (TPSA) is 79.3 Å². The van der Waals surface area contributed by atoms with Gasteiger partial charge < -0.3 is 10.4 Å². The van der Waals surface area contributed by atoms with Gasteiger partial charge in [0.25, 0.3) is 5.91 Å². The van der Waals surface area contributed by atoms with Crippen LogP contribution in [-0.2, 0) is 17.6 Å². The van der Waals surface area contributed by atoms with Crippen LogP contribution in [0, 0.1) is 0 Å². The molecule has 0 aliphatic heterocycles. The minimum atomic E-state index is -0.834. The number of carbonyl (C=O) groups is 2. The number of fused-ring (bicyclic) bond motifs is 2. The molecule has 120 valence electrons. The summed E-state index contributed by atoms with van der Waals surface area (Å²) in [5, 5.41) is 12.4. The zero-order chi connectivity index (χ0) is 16.2. The highest BCUT2D eigenvalue weighted by molar-refractivity contribution is 7.99. The Morgan fingerprint density at radius 2 is 2.09 bits per heavy atom. The molecule has 0 saturated carbocycles. The molecule has 2 N–H and O–H groups in total. The van der Waals surface area contributed by atoms with Crippen LogP contribution < -0.4 is 5.32 Å². The summed E-state index contributed by atoms with van der Waals surface area (Å²) >= 11 is 1.30. The Labute approximate surface area is 138 Å². The summed E-state index contributed by atoms with van der Waals surface area (Å²) < 4.78 is 0. The summed E-state index contributed by atoms with van der Waals surface area (Å²) in [7, 11) is 0. The second-order valence-electron chi connectivity index (χ2n) is 5.48. The number of aromatic nitrogens is 1. The number of carboxylic acid groups (broad SMARTS) is 1. The molecule has 1 amide bonds. The third kappa shape index (κ3) is 3.47. The van der Waals surface area contributed by atoms with Crippen LogP contribution in [0.4, 0.5) is 0 Å².